The summed E-state index contributed by atoms with van der Waals surface area (Å²) in [6.45, 7) is 5.48. The number of hydrogen-bond donors (Lipinski definition) is 3. The fraction of sp³-hybridized carbons (Fsp3) is 0.318. The molecule has 5 rings (SSSR count). The minimum Gasteiger partial charge on any atom is -0.497 e. The van der Waals surface area contributed by atoms with Gasteiger partial charge in [0, 0.05) is 53.6 Å². The number of ketones is 1. The fourth-order valence-electron chi connectivity index (χ4n) is 6.19. The molecule has 0 radical (unpaired) electrons. The standard InChI is InChI=1S/C44H46ClN5O9S/c1-26(2)40(48-37(52)8-6-5-7-21-50-38(53)19-20-39(50)54)35(51)22-27(3)41(55)46-31-12-9-28(10-13-31)25-58-44(56)49-43(60)34-24-29-23-30(45)11-18-36(29)59-42(34)47-32-14-16-33(57-4)17-15-32/h9-20,23-24,26-27,40H,5-8,21-22,25H2,1-4H3,(H,46,55)(H,48,52)(H,49,56,60)/t27-,40-/m1/s1. The van der Waals surface area contributed by atoms with Gasteiger partial charge < -0.3 is 24.5 Å². The predicted octanol–water partition coefficient (Wildman–Crippen LogP) is 7.09. The molecular formula is C44H46ClN5O9S. The molecule has 3 aromatic carbocycles. The summed E-state index contributed by atoms with van der Waals surface area (Å²) < 4.78 is 16.7. The molecule has 0 unspecified atom stereocenters. The van der Waals surface area contributed by atoms with Crippen molar-refractivity contribution < 1.29 is 42.7 Å². The van der Waals surface area contributed by atoms with Gasteiger partial charge in [0.25, 0.3) is 11.8 Å². The minimum atomic E-state index is -0.809. The summed E-state index contributed by atoms with van der Waals surface area (Å²) in [6, 6.07) is 19.7. The smallest absolute Gasteiger partial charge is 0.412 e. The number of carbonyl (C=O) groups is 6. The van der Waals surface area contributed by atoms with Crippen LogP contribution in [-0.2, 0) is 35.3 Å². The van der Waals surface area contributed by atoms with Gasteiger partial charge in [-0.3, -0.25) is 34.2 Å². The number of hydrogen-bond acceptors (Lipinski definition) is 11. The Morgan fingerprint density at radius 2 is 1.60 bits per heavy atom. The molecule has 0 saturated carbocycles. The van der Waals surface area contributed by atoms with Crippen molar-refractivity contribution in [2.75, 3.05) is 19.0 Å². The summed E-state index contributed by atoms with van der Waals surface area (Å²) in [5, 5.41) is 9.32. The quantitative estimate of drug-likeness (QED) is 0.0530. The zero-order chi connectivity index (χ0) is 43.3. The van der Waals surface area contributed by atoms with Crippen LogP contribution in [-0.4, -0.2) is 65.1 Å². The van der Waals surface area contributed by atoms with E-state index in [1.165, 1.54) is 12.2 Å². The van der Waals surface area contributed by atoms with Crippen LogP contribution in [0.15, 0.2) is 94.4 Å². The molecule has 0 fully saturated rings. The number of amides is 5. The molecule has 1 aliphatic heterocycles. The maximum Gasteiger partial charge on any atom is 0.412 e. The number of carbonyl (C=O) groups excluding carboxylic acids is 6. The Morgan fingerprint density at radius 3 is 2.27 bits per heavy atom. The summed E-state index contributed by atoms with van der Waals surface area (Å²) in [7, 11) is 1.57. The van der Waals surface area contributed by atoms with Gasteiger partial charge in [-0.2, -0.15) is 0 Å². The van der Waals surface area contributed by atoms with E-state index in [9.17, 15) is 28.8 Å². The van der Waals surface area contributed by atoms with Crippen molar-refractivity contribution in [2.24, 2.45) is 16.8 Å². The third-order valence-corrected chi connectivity index (χ3v) is 10.1. The number of ether oxygens (including phenoxy) is 2. The number of imide groups is 1. The molecule has 2 atom stereocenters. The summed E-state index contributed by atoms with van der Waals surface area (Å²) in [4.78, 5) is 80.9. The average molecular weight is 856 g/mol. The first-order chi connectivity index (χ1) is 28.7. The largest absolute Gasteiger partial charge is 0.497 e. The van der Waals surface area contributed by atoms with Gasteiger partial charge in [-0.05, 0) is 85.0 Å². The molecule has 1 aromatic heterocycles. The predicted molar refractivity (Wildman–Crippen MR) is 229 cm³/mol. The molecule has 0 aliphatic carbocycles. The second-order valence-corrected chi connectivity index (χ2v) is 15.4. The van der Waals surface area contributed by atoms with Gasteiger partial charge in [-0.1, -0.05) is 63.1 Å². The number of nitrogens with one attached hydrogen (secondary N) is 3. The highest BCUT2D eigenvalue weighted by atomic mass is 35.5. The van der Waals surface area contributed by atoms with Gasteiger partial charge in [0.05, 0.1) is 24.4 Å². The van der Waals surface area contributed by atoms with E-state index >= 15 is 0 Å². The molecule has 1 aliphatic rings. The first-order valence-electron chi connectivity index (χ1n) is 19.4. The average Bonchev–Trinajstić information content (AvgIpc) is 3.54. The molecule has 3 N–H and O–H groups in total. The van der Waals surface area contributed by atoms with Gasteiger partial charge >= 0.3 is 6.09 Å². The van der Waals surface area contributed by atoms with E-state index in [-0.39, 0.29) is 65.3 Å². The molecular weight excluding hydrogens is 810 g/mol. The van der Waals surface area contributed by atoms with E-state index in [0.29, 0.717) is 70.1 Å². The number of alkyl carbamates (subject to hydrolysis) is 1. The number of nitrogens with zero attached hydrogens (tertiary/aromatic N) is 2. The molecule has 0 spiro atoms. The molecule has 16 heteroatoms. The van der Waals surface area contributed by atoms with E-state index in [4.69, 9.17) is 37.7 Å². The van der Waals surface area contributed by atoms with Crippen LogP contribution in [0.5, 0.6) is 5.75 Å². The molecule has 314 valence electrons. The first kappa shape index (κ1) is 44.9. The maximum atomic E-state index is 13.2. The van der Waals surface area contributed by atoms with E-state index in [1.54, 1.807) is 86.8 Å². The molecule has 14 nitrogen and oxygen atoms in total. The molecule has 60 heavy (non-hydrogen) atoms. The van der Waals surface area contributed by atoms with Crippen molar-refractivity contribution in [2.45, 2.75) is 65.5 Å². The van der Waals surface area contributed by atoms with Crippen LogP contribution in [0.4, 0.5) is 16.2 Å². The zero-order valence-electron chi connectivity index (χ0n) is 33.6. The highest BCUT2D eigenvalue weighted by Crippen LogP contribution is 2.22. The topological polar surface area (TPSA) is 186 Å². The molecule has 5 amide bonds. The van der Waals surface area contributed by atoms with Gasteiger partial charge in [-0.25, -0.2) is 9.79 Å². The van der Waals surface area contributed by atoms with Crippen LogP contribution in [0.1, 0.15) is 64.0 Å². The number of unbranched alkanes of at least 4 members (excludes halogenated alkanes) is 2. The van der Waals surface area contributed by atoms with Crippen LogP contribution >= 0.6 is 23.8 Å². The van der Waals surface area contributed by atoms with Crippen molar-refractivity contribution in [3.8, 4) is 5.75 Å². The van der Waals surface area contributed by atoms with Crippen molar-refractivity contribution in [1.82, 2.24) is 15.5 Å². The number of halogens is 1. The van der Waals surface area contributed by atoms with Crippen LogP contribution in [0.2, 0.25) is 5.02 Å². The number of methoxy groups -OCH3 is 1. The maximum absolute atomic E-state index is 13.2. The normalized spacial score (nSPS) is 13.6. The Kier molecular flexibility index (Phi) is 15.9. The number of rotatable bonds is 18. The van der Waals surface area contributed by atoms with E-state index in [0.717, 1.165) is 4.90 Å². The Labute approximate surface area is 357 Å². The minimum absolute atomic E-state index is 0.0171. The van der Waals surface area contributed by atoms with Crippen molar-refractivity contribution in [3.05, 3.63) is 107 Å². The Morgan fingerprint density at radius 1 is 0.900 bits per heavy atom. The van der Waals surface area contributed by atoms with Crippen LogP contribution < -0.4 is 26.2 Å². The number of thiocarbonyl (C=S) groups is 1. The fourth-order valence-corrected chi connectivity index (χ4v) is 6.60. The third kappa shape index (κ3) is 12.7. The molecule has 2 heterocycles. The molecule has 4 aromatic rings. The Balaban J connectivity index is 1.08. The number of Topliss-reactive ketones (excluding diaryl/α,β-unsaturated/α-hetero) is 1. The molecule has 0 bridgehead atoms. The summed E-state index contributed by atoms with van der Waals surface area (Å²) in [6.07, 6.45) is 3.51. The number of fused-ring (bicyclic) bond motifs is 1. The first-order valence-corrected chi connectivity index (χ1v) is 20.1. The third-order valence-electron chi connectivity index (χ3n) is 9.53. The summed E-state index contributed by atoms with van der Waals surface area (Å²) >= 11 is 11.8. The lowest BCUT2D eigenvalue weighted by Crippen LogP contribution is -2.45. The van der Waals surface area contributed by atoms with Crippen LogP contribution in [0.25, 0.3) is 11.0 Å². The Bertz CT molecular complexity index is 2340. The number of benzene rings is 3. The lowest BCUT2D eigenvalue weighted by atomic mass is 9.92. The van der Waals surface area contributed by atoms with Gasteiger partial charge in [0.2, 0.25) is 17.4 Å². The van der Waals surface area contributed by atoms with Crippen LogP contribution in [0, 0.1) is 11.8 Å². The van der Waals surface area contributed by atoms with E-state index < -0.39 is 18.1 Å². The van der Waals surface area contributed by atoms with Crippen molar-refractivity contribution in [3.63, 3.8) is 0 Å². The molecule has 0 saturated heterocycles. The van der Waals surface area contributed by atoms with Gasteiger partial charge in [0.15, 0.2) is 5.78 Å². The van der Waals surface area contributed by atoms with E-state index in [1.807, 2.05) is 13.8 Å². The van der Waals surface area contributed by atoms with Gasteiger partial charge in [0.1, 0.15) is 22.9 Å². The van der Waals surface area contributed by atoms with E-state index in [2.05, 4.69) is 20.9 Å². The summed E-state index contributed by atoms with van der Waals surface area (Å²) in [5.74, 6) is -1.81. The van der Waals surface area contributed by atoms with Crippen molar-refractivity contribution in [1.29, 1.82) is 0 Å². The van der Waals surface area contributed by atoms with Crippen LogP contribution in [0.3, 0.4) is 0 Å². The monoisotopic (exact) mass is 855 g/mol. The van der Waals surface area contributed by atoms with Crippen molar-refractivity contribution >= 4 is 86.7 Å². The number of anilines is 1. The highest BCUT2D eigenvalue weighted by Gasteiger charge is 2.28. The highest BCUT2D eigenvalue weighted by molar-refractivity contribution is 7.80. The SMILES string of the molecule is COc1ccc(N=c2oc3ccc(Cl)cc3cc2C(=S)NC(=O)OCc2ccc(NC(=O)[C@H](C)CC(=O)[C@H](NC(=O)CCCCCN3C(=O)C=CC3=O)C(C)C)cc2)cc1. The second kappa shape index (κ2) is 21.2. The van der Waals surface area contributed by atoms with Gasteiger partial charge in [-0.15, -0.1) is 0 Å². The lowest BCUT2D eigenvalue weighted by Gasteiger charge is -2.23. The zero-order valence-corrected chi connectivity index (χ0v) is 35.2. The second-order valence-electron chi connectivity index (χ2n) is 14.5. The lowest BCUT2D eigenvalue weighted by molar-refractivity contribution is -0.137. The Hall–Kier alpha value is -6.19. The summed E-state index contributed by atoms with van der Waals surface area (Å²) in [5.41, 5.74) is 2.68.